The van der Waals surface area contributed by atoms with Gasteiger partial charge in [0.15, 0.2) is 0 Å². The second-order valence-corrected chi connectivity index (χ2v) is 6.54. The zero-order valence-electron chi connectivity index (χ0n) is 12.5. The summed E-state index contributed by atoms with van der Waals surface area (Å²) in [6.07, 6.45) is 9.05. The van der Waals surface area contributed by atoms with E-state index in [9.17, 15) is 0 Å². The Morgan fingerprint density at radius 3 is 2.80 bits per heavy atom. The number of aryl methyl sites for hydroxylation is 1. The van der Waals surface area contributed by atoms with Crippen molar-refractivity contribution in [3.8, 4) is 0 Å². The largest absolute Gasteiger partial charge is 0.377 e. The monoisotopic (exact) mass is 296 g/mol. The molecular weight excluding hydrogens is 268 g/mol. The Labute approximate surface area is 126 Å². The molecule has 2 unspecified atom stereocenters. The zero-order chi connectivity index (χ0) is 14.2. The number of rotatable bonds is 8. The van der Waals surface area contributed by atoms with Crippen LogP contribution in [0.5, 0.6) is 0 Å². The second kappa shape index (κ2) is 8.78. The number of hydrazine groups is 1. The van der Waals surface area contributed by atoms with Crippen molar-refractivity contribution in [2.75, 3.05) is 6.61 Å². The first-order valence-electron chi connectivity index (χ1n) is 7.94. The van der Waals surface area contributed by atoms with E-state index in [0.29, 0.717) is 5.92 Å². The molecule has 3 N–H and O–H groups in total. The van der Waals surface area contributed by atoms with Crippen LogP contribution in [0.2, 0.25) is 0 Å². The second-order valence-electron chi connectivity index (χ2n) is 5.76. The van der Waals surface area contributed by atoms with Gasteiger partial charge in [-0.05, 0) is 60.9 Å². The van der Waals surface area contributed by atoms with Crippen molar-refractivity contribution in [2.45, 2.75) is 64.0 Å². The highest BCUT2D eigenvalue weighted by Gasteiger charge is 2.30. The normalized spacial score (nSPS) is 19.9. The highest BCUT2D eigenvalue weighted by atomic mass is 32.1. The summed E-state index contributed by atoms with van der Waals surface area (Å²) in [5.74, 6) is 6.50. The van der Waals surface area contributed by atoms with Crippen molar-refractivity contribution in [3.63, 3.8) is 0 Å². The quantitative estimate of drug-likeness (QED) is 0.570. The third kappa shape index (κ3) is 4.55. The summed E-state index contributed by atoms with van der Waals surface area (Å²) in [7, 11) is 0. The third-order valence-electron chi connectivity index (χ3n) is 4.41. The molecule has 1 aliphatic carbocycles. The summed E-state index contributed by atoms with van der Waals surface area (Å²) in [6.45, 7) is 2.86. The molecule has 0 aromatic carbocycles. The molecule has 0 saturated heterocycles. The van der Waals surface area contributed by atoms with Gasteiger partial charge in [-0.2, -0.15) is 11.3 Å². The Morgan fingerprint density at radius 2 is 2.20 bits per heavy atom. The van der Waals surface area contributed by atoms with E-state index in [1.54, 1.807) is 11.3 Å². The Morgan fingerprint density at radius 1 is 1.40 bits per heavy atom. The van der Waals surface area contributed by atoms with Crippen molar-refractivity contribution in [1.82, 2.24) is 5.43 Å². The molecule has 1 saturated carbocycles. The molecule has 1 aromatic heterocycles. The predicted octanol–water partition coefficient (Wildman–Crippen LogP) is 3.50. The fraction of sp³-hybridized carbons (Fsp3) is 0.750. The topological polar surface area (TPSA) is 47.3 Å². The molecule has 0 bridgehead atoms. The van der Waals surface area contributed by atoms with Crippen LogP contribution in [-0.4, -0.2) is 18.8 Å². The molecule has 2 atom stereocenters. The van der Waals surface area contributed by atoms with E-state index in [-0.39, 0.29) is 12.1 Å². The summed E-state index contributed by atoms with van der Waals surface area (Å²) in [6, 6.07) is 2.46. The van der Waals surface area contributed by atoms with E-state index in [0.717, 1.165) is 19.4 Å². The van der Waals surface area contributed by atoms with E-state index < -0.39 is 0 Å². The van der Waals surface area contributed by atoms with Crippen LogP contribution < -0.4 is 11.3 Å². The lowest BCUT2D eigenvalue weighted by molar-refractivity contribution is -0.0193. The molecule has 4 heteroatoms. The van der Waals surface area contributed by atoms with E-state index >= 15 is 0 Å². The average molecular weight is 296 g/mol. The van der Waals surface area contributed by atoms with Crippen molar-refractivity contribution in [2.24, 2.45) is 11.8 Å². The van der Waals surface area contributed by atoms with Gasteiger partial charge in [0, 0.05) is 12.6 Å². The van der Waals surface area contributed by atoms with Crippen molar-refractivity contribution in [1.29, 1.82) is 0 Å². The number of nitrogens with one attached hydrogen (secondary N) is 1. The SMILES string of the molecule is CCOC(C1CCCCC1)C(CCc1ccsc1)NN. The van der Waals surface area contributed by atoms with Crippen LogP contribution in [0.1, 0.15) is 51.0 Å². The molecule has 0 radical (unpaired) electrons. The van der Waals surface area contributed by atoms with Gasteiger partial charge < -0.3 is 4.74 Å². The lowest BCUT2D eigenvalue weighted by Crippen LogP contribution is -2.49. The maximum atomic E-state index is 6.06. The van der Waals surface area contributed by atoms with Gasteiger partial charge in [-0.25, -0.2) is 0 Å². The molecule has 1 aliphatic rings. The van der Waals surface area contributed by atoms with Gasteiger partial charge in [0.25, 0.3) is 0 Å². The van der Waals surface area contributed by atoms with Crippen LogP contribution in [0.25, 0.3) is 0 Å². The minimum absolute atomic E-state index is 0.262. The average Bonchev–Trinajstić information content (AvgIpc) is 3.01. The van der Waals surface area contributed by atoms with Gasteiger partial charge >= 0.3 is 0 Å². The molecule has 0 amide bonds. The minimum atomic E-state index is 0.262. The van der Waals surface area contributed by atoms with E-state index in [1.165, 1.54) is 37.7 Å². The maximum Gasteiger partial charge on any atom is 0.0769 e. The third-order valence-corrected chi connectivity index (χ3v) is 5.14. The molecule has 114 valence electrons. The lowest BCUT2D eigenvalue weighted by atomic mass is 9.81. The molecule has 1 fully saturated rings. The number of hydrogen-bond acceptors (Lipinski definition) is 4. The molecule has 0 spiro atoms. The minimum Gasteiger partial charge on any atom is -0.377 e. The standard InChI is InChI=1S/C16H28N2OS/c1-2-19-16(14-6-4-3-5-7-14)15(18-17)9-8-13-10-11-20-12-13/h10-12,14-16,18H,2-9,17H2,1H3. The molecule has 1 heterocycles. The van der Waals surface area contributed by atoms with Crippen LogP contribution in [0.4, 0.5) is 0 Å². The van der Waals surface area contributed by atoms with Gasteiger partial charge in [-0.3, -0.25) is 11.3 Å². The van der Waals surface area contributed by atoms with Crippen LogP contribution in [0, 0.1) is 5.92 Å². The van der Waals surface area contributed by atoms with Gasteiger partial charge in [0.1, 0.15) is 0 Å². The van der Waals surface area contributed by atoms with Crippen LogP contribution in [0.15, 0.2) is 16.8 Å². The van der Waals surface area contributed by atoms with E-state index in [1.807, 2.05) is 0 Å². The van der Waals surface area contributed by atoms with Crippen LogP contribution in [0.3, 0.4) is 0 Å². The smallest absolute Gasteiger partial charge is 0.0769 e. The highest BCUT2D eigenvalue weighted by molar-refractivity contribution is 7.07. The van der Waals surface area contributed by atoms with E-state index in [4.69, 9.17) is 10.6 Å². The number of nitrogens with two attached hydrogens (primary N) is 1. The van der Waals surface area contributed by atoms with Gasteiger partial charge in [0.05, 0.1) is 6.10 Å². The molecule has 3 nitrogen and oxygen atoms in total. The van der Waals surface area contributed by atoms with Gasteiger partial charge in [-0.15, -0.1) is 0 Å². The first-order valence-corrected chi connectivity index (χ1v) is 8.88. The van der Waals surface area contributed by atoms with Crippen LogP contribution in [-0.2, 0) is 11.2 Å². The van der Waals surface area contributed by atoms with Crippen molar-refractivity contribution in [3.05, 3.63) is 22.4 Å². The first-order chi connectivity index (χ1) is 9.85. The van der Waals surface area contributed by atoms with Gasteiger partial charge in [0.2, 0.25) is 0 Å². The summed E-state index contributed by atoms with van der Waals surface area (Å²) >= 11 is 1.76. The zero-order valence-corrected chi connectivity index (χ0v) is 13.3. The summed E-state index contributed by atoms with van der Waals surface area (Å²) < 4.78 is 6.06. The summed E-state index contributed by atoms with van der Waals surface area (Å²) in [4.78, 5) is 0. The summed E-state index contributed by atoms with van der Waals surface area (Å²) in [5, 5.41) is 4.37. The molecular formula is C16H28N2OS. The predicted molar refractivity (Wildman–Crippen MR) is 85.7 cm³/mol. The van der Waals surface area contributed by atoms with E-state index in [2.05, 4.69) is 29.2 Å². The Bertz CT molecular complexity index is 349. The van der Waals surface area contributed by atoms with Crippen LogP contribution >= 0.6 is 11.3 Å². The Hall–Kier alpha value is -0.420. The maximum absolute atomic E-state index is 6.06. The number of ether oxygens (including phenoxy) is 1. The molecule has 20 heavy (non-hydrogen) atoms. The van der Waals surface area contributed by atoms with Crippen molar-refractivity contribution >= 4 is 11.3 Å². The lowest BCUT2D eigenvalue weighted by Gasteiger charge is -2.35. The molecule has 2 rings (SSSR count). The number of hydrogen-bond donors (Lipinski definition) is 2. The fourth-order valence-corrected chi connectivity index (χ4v) is 4.04. The highest BCUT2D eigenvalue weighted by Crippen LogP contribution is 2.30. The Balaban J connectivity index is 1.92. The first kappa shape index (κ1) is 16.0. The molecule has 0 aliphatic heterocycles. The fourth-order valence-electron chi connectivity index (χ4n) is 3.34. The molecule has 1 aromatic rings. The van der Waals surface area contributed by atoms with Gasteiger partial charge in [-0.1, -0.05) is 19.3 Å². The Kier molecular flexibility index (Phi) is 7.00. The summed E-state index contributed by atoms with van der Waals surface area (Å²) in [5.41, 5.74) is 4.44. The number of thiophene rings is 1. The van der Waals surface area contributed by atoms with Crippen molar-refractivity contribution < 1.29 is 4.74 Å².